The van der Waals surface area contributed by atoms with Crippen molar-refractivity contribution in [1.82, 2.24) is 0 Å². The third-order valence-corrected chi connectivity index (χ3v) is 3.95. The van der Waals surface area contributed by atoms with E-state index in [2.05, 4.69) is 58.9 Å². The van der Waals surface area contributed by atoms with Gasteiger partial charge in [-0.3, -0.25) is 0 Å². The van der Waals surface area contributed by atoms with Crippen molar-refractivity contribution in [2.75, 3.05) is 0 Å². The van der Waals surface area contributed by atoms with Gasteiger partial charge in [-0.05, 0) is 32.3 Å². The minimum atomic E-state index is -0.250. The topological polar surface area (TPSA) is 23.8 Å². The SMILES string of the molecule is CC(C)(C)[NH-].Cl.Cl.[CH2-]c1ccccc1C1=C(C)C(C)=C(C)C1C.[Ti+2]. The van der Waals surface area contributed by atoms with Crippen molar-refractivity contribution in [3.05, 3.63) is 64.8 Å². The van der Waals surface area contributed by atoms with Crippen molar-refractivity contribution in [3.63, 3.8) is 0 Å². The molecule has 0 aromatic heterocycles. The molecule has 0 radical (unpaired) electrons. The molecule has 1 aliphatic rings. The minimum Gasteiger partial charge on any atom is -0.673 e. The van der Waals surface area contributed by atoms with E-state index in [1.165, 1.54) is 27.9 Å². The van der Waals surface area contributed by atoms with E-state index < -0.39 is 0 Å². The standard InChI is InChI=1S/C16H19.C4H10N.2ClH.Ti/c1-10-8-6-7-9-15(10)16-13(4)11(2)12(3)14(16)5;1-4(2,3)5;;;/h6-9,13H,1H2,2-5H3;5H,1-3H3;2*1H;/q2*-1;;;+2. The molecule has 0 heterocycles. The molecule has 1 atom stereocenters. The van der Waals surface area contributed by atoms with Crippen LogP contribution in [-0.2, 0) is 21.7 Å². The summed E-state index contributed by atoms with van der Waals surface area (Å²) in [6.07, 6.45) is 0. The smallest absolute Gasteiger partial charge is 0.673 e. The van der Waals surface area contributed by atoms with Crippen LogP contribution in [0.1, 0.15) is 59.6 Å². The summed E-state index contributed by atoms with van der Waals surface area (Å²) in [5.41, 5.74) is 15.0. The predicted molar refractivity (Wildman–Crippen MR) is 110 cm³/mol. The van der Waals surface area contributed by atoms with Crippen LogP contribution >= 0.6 is 24.8 Å². The first kappa shape index (κ1) is 28.6. The molecule has 0 saturated heterocycles. The number of allylic oxidation sites excluding steroid dienone is 4. The Morgan fingerprint density at radius 3 is 1.71 bits per heavy atom. The zero-order chi connectivity index (χ0) is 16.4. The number of halogens is 2. The van der Waals surface area contributed by atoms with Crippen molar-refractivity contribution < 1.29 is 21.7 Å². The van der Waals surface area contributed by atoms with Crippen LogP contribution in [0.3, 0.4) is 0 Å². The molecule has 1 aromatic rings. The quantitative estimate of drug-likeness (QED) is 0.346. The number of benzene rings is 1. The molecule has 1 nitrogen and oxygen atoms in total. The van der Waals surface area contributed by atoms with E-state index >= 15 is 0 Å². The summed E-state index contributed by atoms with van der Waals surface area (Å²) in [4.78, 5) is 0. The molecule has 0 aliphatic heterocycles. The first-order chi connectivity index (χ1) is 9.54. The zero-order valence-corrected chi connectivity index (χ0v) is 19.1. The van der Waals surface area contributed by atoms with Crippen LogP contribution in [0.25, 0.3) is 11.3 Å². The summed E-state index contributed by atoms with van der Waals surface area (Å²) in [5, 5.41) is 0. The van der Waals surface area contributed by atoms with Gasteiger partial charge >= 0.3 is 21.7 Å². The number of nitrogens with one attached hydrogen (secondary N) is 1. The number of hydrogen-bond acceptors (Lipinski definition) is 0. The Bertz CT molecular complexity index is 578. The summed E-state index contributed by atoms with van der Waals surface area (Å²) < 4.78 is 0. The average molecular weight is 404 g/mol. The maximum atomic E-state index is 6.94. The molecular formula is C20H31Cl2NTi. The third kappa shape index (κ3) is 7.80. The van der Waals surface area contributed by atoms with Crippen LogP contribution in [-0.4, -0.2) is 5.54 Å². The van der Waals surface area contributed by atoms with Crippen LogP contribution in [0, 0.1) is 12.8 Å². The normalized spacial score (nSPS) is 16.4. The number of hydrogen-bond donors (Lipinski definition) is 0. The van der Waals surface area contributed by atoms with Gasteiger partial charge in [0.15, 0.2) is 0 Å². The van der Waals surface area contributed by atoms with Crippen LogP contribution < -0.4 is 0 Å². The molecule has 0 spiro atoms. The van der Waals surface area contributed by atoms with Crippen LogP contribution in [0.5, 0.6) is 0 Å². The Labute approximate surface area is 176 Å². The second-order valence-electron chi connectivity index (χ2n) is 6.98. The van der Waals surface area contributed by atoms with E-state index in [1.54, 1.807) is 0 Å². The Balaban J connectivity index is -0.000000490. The van der Waals surface area contributed by atoms with Gasteiger partial charge in [-0.2, -0.15) is 18.6 Å². The van der Waals surface area contributed by atoms with Crippen molar-refractivity contribution in [1.29, 1.82) is 0 Å². The van der Waals surface area contributed by atoms with Crippen molar-refractivity contribution in [2.24, 2.45) is 5.92 Å². The van der Waals surface area contributed by atoms with Gasteiger partial charge in [0.25, 0.3) is 0 Å². The molecule has 0 fully saturated rings. The van der Waals surface area contributed by atoms with Crippen LogP contribution in [0.4, 0.5) is 0 Å². The minimum absolute atomic E-state index is 0. The molecule has 0 amide bonds. The van der Waals surface area contributed by atoms with Gasteiger partial charge in [-0.15, -0.1) is 48.0 Å². The van der Waals surface area contributed by atoms with Gasteiger partial charge in [0, 0.05) is 0 Å². The molecule has 2 rings (SSSR count). The molecule has 24 heavy (non-hydrogen) atoms. The maximum Gasteiger partial charge on any atom is 2.00 e. The Morgan fingerprint density at radius 1 is 0.958 bits per heavy atom. The fourth-order valence-corrected chi connectivity index (χ4v) is 2.58. The fraction of sp³-hybridized carbons (Fsp3) is 0.450. The molecule has 0 saturated carbocycles. The predicted octanol–water partition coefficient (Wildman–Crippen LogP) is 7.31. The van der Waals surface area contributed by atoms with Gasteiger partial charge in [0.05, 0.1) is 0 Å². The second kappa shape index (κ2) is 11.4. The summed E-state index contributed by atoms with van der Waals surface area (Å²) in [7, 11) is 0. The van der Waals surface area contributed by atoms with Crippen LogP contribution in [0.15, 0.2) is 41.0 Å². The van der Waals surface area contributed by atoms with E-state index in [0.717, 1.165) is 5.56 Å². The molecule has 1 aliphatic carbocycles. The van der Waals surface area contributed by atoms with Crippen molar-refractivity contribution in [2.45, 2.75) is 54.0 Å². The molecule has 1 aromatic carbocycles. The van der Waals surface area contributed by atoms with Gasteiger partial charge in [0.2, 0.25) is 0 Å². The van der Waals surface area contributed by atoms with Gasteiger partial charge < -0.3 is 5.73 Å². The van der Waals surface area contributed by atoms with Gasteiger partial charge in [-0.25, -0.2) is 0 Å². The van der Waals surface area contributed by atoms with Crippen molar-refractivity contribution in [3.8, 4) is 0 Å². The zero-order valence-electron chi connectivity index (χ0n) is 15.9. The average Bonchev–Trinajstić information content (AvgIpc) is 2.53. The largest absolute Gasteiger partial charge is 2.00 e. The monoisotopic (exact) mass is 403 g/mol. The van der Waals surface area contributed by atoms with Crippen molar-refractivity contribution >= 4 is 30.4 Å². The summed E-state index contributed by atoms with van der Waals surface area (Å²) in [6, 6.07) is 8.42. The molecule has 1 unspecified atom stereocenters. The van der Waals surface area contributed by atoms with E-state index in [9.17, 15) is 0 Å². The molecule has 1 N–H and O–H groups in total. The third-order valence-electron chi connectivity index (χ3n) is 3.95. The van der Waals surface area contributed by atoms with E-state index in [0.29, 0.717) is 5.92 Å². The Morgan fingerprint density at radius 2 is 1.38 bits per heavy atom. The molecule has 134 valence electrons. The molecule has 4 heteroatoms. The summed E-state index contributed by atoms with van der Waals surface area (Å²) in [6.45, 7) is 18.7. The Kier molecular flexibility index (Phi) is 13.6. The summed E-state index contributed by atoms with van der Waals surface area (Å²) >= 11 is 0. The fourth-order valence-electron chi connectivity index (χ4n) is 2.58. The summed E-state index contributed by atoms with van der Waals surface area (Å²) in [5.74, 6) is 0.530. The van der Waals surface area contributed by atoms with Crippen LogP contribution in [0.2, 0.25) is 0 Å². The Hall–Kier alpha value is -0.176. The van der Waals surface area contributed by atoms with E-state index in [1.807, 2.05) is 20.8 Å². The maximum absolute atomic E-state index is 6.94. The number of rotatable bonds is 1. The van der Waals surface area contributed by atoms with E-state index in [4.69, 9.17) is 5.73 Å². The van der Waals surface area contributed by atoms with Gasteiger partial charge in [0.1, 0.15) is 0 Å². The molecule has 0 bridgehead atoms. The second-order valence-corrected chi connectivity index (χ2v) is 6.98. The first-order valence-electron chi connectivity index (χ1n) is 7.59. The van der Waals surface area contributed by atoms with E-state index in [-0.39, 0.29) is 52.1 Å². The van der Waals surface area contributed by atoms with Gasteiger partial charge in [-0.1, -0.05) is 50.5 Å². The molecular weight excluding hydrogens is 373 g/mol. The first-order valence-corrected chi connectivity index (χ1v) is 7.59.